The number of unbranched alkanes of at least 4 members (excludes halogenated alkanes) is 1. The number of hydrogen-bond donors (Lipinski definition) is 8. The normalized spacial score (nSPS) is 14.7. The first-order valence-corrected chi connectivity index (χ1v) is 10.1. The van der Waals surface area contributed by atoms with Crippen LogP contribution in [0.4, 0.5) is 0 Å². The van der Waals surface area contributed by atoms with Gasteiger partial charge in [-0.1, -0.05) is 0 Å². The minimum Gasteiger partial charge on any atom is -0.480 e. The summed E-state index contributed by atoms with van der Waals surface area (Å²) >= 11 is 4.04. The van der Waals surface area contributed by atoms with Gasteiger partial charge in [0.25, 0.3) is 0 Å². The zero-order valence-electron chi connectivity index (χ0n) is 16.9. The van der Waals surface area contributed by atoms with Crippen molar-refractivity contribution in [2.75, 3.05) is 12.3 Å². The van der Waals surface area contributed by atoms with E-state index in [1.54, 1.807) is 0 Å². The van der Waals surface area contributed by atoms with Gasteiger partial charge in [-0.05, 0) is 39.2 Å². The van der Waals surface area contributed by atoms with E-state index in [4.69, 9.17) is 22.3 Å². The molecule has 30 heavy (non-hydrogen) atoms. The van der Waals surface area contributed by atoms with E-state index in [0.29, 0.717) is 19.4 Å². The van der Waals surface area contributed by atoms with E-state index >= 15 is 0 Å². The molecule has 0 aliphatic heterocycles. The molecule has 172 valence electrons. The Balaban J connectivity index is 5.04. The monoisotopic (exact) mass is 448 g/mol. The molecule has 0 saturated heterocycles. The summed E-state index contributed by atoms with van der Waals surface area (Å²) < 4.78 is 0. The molecule has 0 aliphatic carbocycles. The van der Waals surface area contributed by atoms with Crippen LogP contribution in [0.25, 0.3) is 0 Å². The lowest BCUT2D eigenvalue weighted by Crippen LogP contribution is -2.57. The zero-order valence-corrected chi connectivity index (χ0v) is 17.8. The van der Waals surface area contributed by atoms with Gasteiger partial charge in [-0.25, -0.2) is 0 Å². The van der Waals surface area contributed by atoms with Crippen LogP contribution in [0.1, 0.15) is 39.0 Å². The van der Waals surface area contributed by atoms with Crippen LogP contribution < -0.4 is 33.2 Å². The van der Waals surface area contributed by atoms with Gasteiger partial charge in [0.1, 0.15) is 18.1 Å². The number of carboxylic acids is 1. The van der Waals surface area contributed by atoms with Crippen molar-refractivity contribution >= 4 is 42.2 Å². The molecule has 0 aromatic rings. The van der Waals surface area contributed by atoms with Crippen LogP contribution in [0, 0.1) is 0 Å². The number of rotatable bonds is 15. The van der Waals surface area contributed by atoms with E-state index in [1.807, 2.05) is 0 Å². The predicted octanol–water partition coefficient (Wildman–Crippen LogP) is -2.80. The van der Waals surface area contributed by atoms with E-state index in [-0.39, 0.29) is 25.0 Å². The fourth-order valence-electron chi connectivity index (χ4n) is 2.31. The van der Waals surface area contributed by atoms with Crippen molar-refractivity contribution in [2.24, 2.45) is 17.2 Å². The average molecular weight is 449 g/mol. The quantitative estimate of drug-likeness (QED) is 0.0963. The maximum atomic E-state index is 12.6. The molecule has 0 aromatic heterocycles. The standard InChI is InChI=1S/C17H32N6O6S/c1-9(17(28)29)21-15(26)11(4-2-3-7-18)22-16(27)12(8-30)23-14(25)10(19)5-6-13(20)24/h9-12,30H,2-8,18-19H2,1H3,(H2,20,24)(H,21,26)(H,22,27)(H,23,25)(H,28,29). The number of aliphatic carboxylic acids is 1. The number of nitrogens with one attached hydrogen (secondary N) is 3. The van der Waals surface area contributed by atoms with Crippen LogP contribution in [0.15, 0.2) is 0 Å². The molecule has 12 nitrogen and oxygen atoms in total. The van der Waals surface area contributed by atoms with Gasteiger partial charge in [0.15, 0.2) is 0 Å². The number of primary amides is 1. The molecule has 0 heterocycles. The summed E-state index contributed by atoms with van der Waals surface area (Å²) in [5.41, 5.74) is 16.1. The number of carbonyl (C=O) groups is 5. The first kappa shape index (κ1) is 27.6. The molecule has 0 aliphatic rings. The fraction of sp³-hybridized carbons (Fsp3) is 0.706. The maximum absolute atomic E-state index is 12.6. The molecule has 0 bridgehead atoms. The summed E-state index contributed by atoms with van der Waals surface area (Å²) in [6.45, 7) is 1.69. The Kier molecular flexibility index (Phi) is 13.4. The molecular weight excluding hydrogens is 416 g/mol. The molecule has 0 fully saturated rings. The van der Waals surface area contributed by atoms with Gasteiger partial charge >= 0.3 is 5.97 Å². The molecule has 4 atom stereocenters. The van der Waals surface area contributed by atoms with Crippen molar-refractivity contribution in [3.8, 4) is 0 Å². The largest absolute Gasteiger partial charge is 0.480 e. The Morgan fingerprint density at radius 1 is 0.933 bits per heavy atom. The van der Waals surface area contributed by atoms with Gasteiger partial charge in [-0.2, -0.15) is 12.6 Å². The highest BCUT2D eigenvalue weighted by Crippen LogP contribution is 2.04. The van der Waals surface area contributed by atoms with Crippen LogP contribution in [0.2, 0.25) is 0 Å². The second kappa shape index (κ2) is 14.6. The number of hydrogen-bond acceptors (Lipinski definition) is 8. The van der Waals surface area contributed by atoms with E-state index in [2.05, 4.69) is 28.6 Å². The number of amides is 4. The Morgan fingerprint density at radius 3 is 2.00 bits per heavy atom. The zero-order chi connectivity index (χ0) is 23.3. The molecule has 13 heteroatoms. The van der Waals surface area contributed by atoms with Crippen molar-refractivity contribution in [1.82, 2.24) is 16.0 Å². The van der Waals surface area contributed by atoms with Crippen LogP contribution in [0.3, 0.4) is 0 Å². The lowest BCUT2D eigenvalue weighted by atomic mass is 10.1. The Hall–Kier alpha value is -2.38. The average Bonchev–Trinajstić information content (AvgIpc) is 2.68. The molecule has 0 saturated carbocycles. The maximum Gasteiger partial charge on any atom is 0.325 e. The minimum absolute atomic E-state index is 0.0132. The van der Waals surface area contributed by atoms with Crippen LogP contribution in [0.5, 0.6) is 0 Å². The number of nitrogens with two attached hydrogens (primary N) is 3. The molecule has 0 radical (unpaired) electrons. The number of thiol groups is 1. The Bertz CT molecular complexity index is 620. The van der Waals surface area contributed by atoms with E-state index in [0.717, 1.165) is 0 Å². The van der Waals surface area contributed by atoms with Gasteiger partial charge in [0.2, 0.25) is 23.6 Å². The van der Waals surface area contributed by atoms with Crippen molar-refractivity contribution in [3.63, 3.8) is 0 Å². The number of carboxylic acid groups (broad SMARTS) is 1. The summed E-state index contributed by atoms with van der Waals surface area (Å²) in [6.07, 6.45) is 1.28. The summed E-state index contributed by atoms with van der Waals surface area (Å²) in [5.74, 6) is -3.93. The smallest absolute Gasteiger partial charge is 0.325 e. The molecule has 10 N–H and O–H groups in total. The van der Waals surface area contributed by atoms with E-state index < -0.39 is 53.8 Å². The van der Waals surface area contributed by atoms with E-state index in [1.165, 1.54) is 6.92 Å². The summed E-state index contributed by atoms with van der Waals surface area (Å²) in [6, 6.07) is -4.31. The highest BCUT2D eigenvalue weighted by Gasteiger charge is 2.28. The predicted molar refractivity (Wildman–Crippen MR) is 112 cm³/mol. The number of carbonyl (C=O) groups excluding carboxylic acids is 4. The summed E-state index contributed by atoms with van der Waals surface area (Å²) in [5, 5.41) is 16.2. The fourth-order valence-corrected chi connectivity index (χ4v) is 2.57. The first-order valence-electron chi connectivity index (χ1n) is 9.52. The lowest BCUT2D eigenvalue weighted by Gasteiger charge is -2.24. The van der Waals surface area contributed by atoms with Gasteiger partial charge in [0, 0.05) is 12.2 Å². The van der Waals surface area contributed by atoms with Crippen molar-refractivity contribution < 1.29 is 29.1 Å². The second-order valence-corrected chi connectivity index (χ2v) is 7.13. The third-order valence-corrected chi connectivity index (χ3v) is 4.53. The molecule has 0 rings (SSSR count). The van der Waals surface area contributed by atoms with Crippen molar-refractivity contribution in [1.29, 1.82) is 0 Å². The third-order valence-electron chi connectivity index (χ3n) is 4.16. The first-order chi connectivity index (χ1) is 14.0. The topological polar surface area (TPSA) is 220 Å². The molecule has 4 amide bonds. The molecule has 4 unspecified atom stereocenters. The highest BCUT2D eigenvalue weighted by molar-refractivity contribution is 7.80. The highest BCUT2D eigenvalue weighted by atomic mass is 32.1. The third kappa shape index (κ3) is 11.0. The van der Waals surface area contributed by atoms with Crippen LogP contribution in [-0.2, 0) is 24.0 Å². The molecular formula is C17H32N6O6S. The molecule has 0 spiro atoms. The van der Waals surface area contributed by atoms with Crippen molar-refractivity contribution in [3.05, 3.63) is 0 Å². The van der Waals surface area contributed by atoms with Crippen LogP contribution >= 0.6 is 12.6 Å². The summed E-state index contributed by atoms with van der Waals surface area (Å²) in [4.78, 5) is 58.8. The van der Waals surface area contributed by atoms with Gasteiger partial charge in [-0.15, -0.1) is 0 Å². The minimum atomic E-state index is -1.22. The van der Waals surface area contributed by atoms with Crippen LogP contribution in [-0.4, -0.2) is 71.2 Å². The Morgan fingerprint density at radius 2 is 1.50 bits per heavy atom. The SMILES string of the molecule is CC(NC(=O)C(CCCCN)NC(=O)C(CS)NC(=O)C(N)CCC(N)=O)C(=O)O. The second-order valence-electron chi connectivity index (χ2n) is 6.77. The van der Waals surface area contributed by atoms with Gasteiger partial charge in [0.05, 0.1) is 6.04 Å². The van der Waals surface area contributed by atoms with Crippen molar-refractivity contribution in [2.45, 2.75) is 63.2 Å². The van der Waals surface area contributed by atoms with Gasteiger partial charge in [-0.3, -0.25) is 24.0 Å². The lowest BCUT2D eigenvalue weighted by molar-refractivity contribution is -0.141. The van der Waals surface area contributed by atoms with E-state index in [9.17, 15) is 24.0 Å². The summed E-state index contributed by atoms with van der Waals surface area (Å²) in [7, 11) is 0. The Labute approximate surface area is 180 Å². The molecule has 0 aromatic carbocycles. The van der Waals surface area contributed by atoms with Gasteiger partial charge < -0.3 is 38.3 Å².